The lowest BCUT2D eigenvalue weighted by Crippen LogP contribution is -2.07. The van der Waals surface area contributed by atoms with Crippen LogP contribution in [0.4, 0.5) is 0 Å². The van der Waals surface area contributed by atoms with Crippen LogP contribution in [-0.2, 0) is 14.6 Å². The maximum Gasteiger partial charge on any atom is 0.0844 e. The predicted octanol–water partition coefficient (Wildman–Crippen LogP) is 1.64. The average molecular weight is 175 g/mol. The largest absolute Gasteiger partial charge is 0.381 e. The van der Waals surface area contributed by atoms with Gasteiger partial charge >= 0.3 is 0 Å². The minimum absolute atomic E-state index is 0.0392. The Balaban J connectivity index is 2.82. The molecule has 0 aromatic carbocycles. The van der Waals surface area contributed by atoms with Crippen LogP contribution in [0, 0.1) is 0 Å². The van der Waals surface area contributed by atoms with Gasteiger partial charge in [-0.25, -0.2) is 5.11 Å². The normalized spacial score (nSPS) is 11.0. The Kier molecular flexibility index (Phi) is 8.88. The second-order valence-electron chi connectivity index (χ2n) is 2.94. The Labute approximate surface area is 74.7 Å². The minimum atomic E-state index is -0.0392. The predicted molar refractivity (Wildman–Crippen MR) is 46.7 cm³/mol. The molecule has 0 heterocycles. The molecular formula is C9H19O3. The third-order valence-corrected chi connectivity index (χ3v) is 1.32. The van der Waals surface area contributed by atoms with E-state index in [0.29, 0.717) is 25.7 Å². The summed E-state index contributed by atoms with van der Waals surface area (Å²) >= 11 is 0. The standard InChI is InChI=1S/C9H19O3/c1-9(2)12-8-4-7-11-6-3-5-10/h9H,3-8H2,1-2H3. The van der Waals surface area contributed by atoms with E-state index >= 15 is 0 Å². The summed E-state index contributed by atoms with van der Waals surface area (Å²) in [5, 5.41) is 10.0. The van der Waals surface area contributed by atoms with E-state index in [1.807, 2.05) is 13.8 Å². The molecule has 0 spiro atoms. The molecule has 0 aromatic rings. The van der Waals surface area contributed by atoms with Gasteiger partial charge in [-0.2, -0.15) is 0 Å². The third kappa shape index (κ3) is 9.88. The average Bonchev–Trinajstić information content (AvgIpc) is 2.02. The quantitative estimate of drug-likeness (QED) is 0.526. The highest BCUT2D eigenvalue weighted by atomic mass is 16.5. The SMILES string of the molecule is CC(C)OCCCOCCC[O]. The number of ether oxygens (including phenoxy) is 2. The monoisotopic (exact) mass is 175 g/mol. The van der Waals surface area contributed by atoms with Gasteiger partial charge < -0.3 is 9.47 Å². The minimum Gasteiger partial charge on any atom is -0.381 e. The van der Waals surface area contributed by atoms with Crippen molar-refractivity contribution in [2.24, 2.45) is 0 Å². The first kappa shape index (κ1) is 11.9. The van der Waals surface area contributed by atoms with Crippen LogP contribution >= 0.6 is 0 Å². The first-order valence-electron chi connectivity index (χ1n) is 4.55. The summed E-state index contributed by atoms with van der Waals surface area (Å²) in [6.45, 7) is 6.02. The molecule has 0 N–H and O–H groups in total. The molecule has 0 saturated heterocycles. The first-order chi connectivity index (χ1) is 5.77. The Morgan fingerprint density at radius 3 is 2.33 bits per heavy atom. The van der Waals surface area contributed by atoms with E-state index in [1.165, 1.54) is 0 Å². The van der Waals surface area contributed by atoms with Crippen LogP contribution in [0.3, 0.4) is 0 Å². The molecular weight excluding hydrogens is 156 g/mol. The Morgan fingerprint density at radius 2 is 1.75 bits per heavy atom. The molecule has 1 radical (unpaired) electrons. The van der Waals surface area contributed by atoms with Gasteiger partial charge in [0, 0.05) is 19.8 Å². The lowest BCUT2D eigenvalue weighted by molar-refractivity contribution is 0.0462. The van der Waals surface area contributed by atoms with E-state index in [0.717, 1.165) is 13.0 Å². The fourth-order valence-corrected chi connectivity index (χ4v) is 0.743. The van der Waals surface area contributed by atoms with Crippen molar-refractivity contribution in [1.82, 2.24) is 0 Å². The van der Waals surface area contributed by atoms with Gasteiger partial charge in [0.25, 0.3) is 0 Å². The summed E-state index contributed by atoms with van der Waals surface area (Å²) in [6.07, 6.45) is 1.83. The van der Waals surface area contributed by atoms with Gasteiger partial charge in [0.1, 0.15) is 0 Å². The maximum absolute atomic E-state index is 10.0. The molecule has 0 aliphatic rings. The summed E-state index contributed by atoms with van der Waals surface area (Å²) in [5.41, 5.74) is 0. The molecule has 0 saturated carbocycles. The van der Waals surface area contributed by atoms with Gasteiger partial charge in [0.15, 0.2) is 0 Å². The van der Waals surface area contributed by atoms with Crippen molar-refractivity contribution < 1.29 is 14.6 Å². The van der Waals surface area contributed by atoms with Crippen LogP contribution in [0.2, 0.25) is 0 Å². The van der Waals surface area contributed by atoms with E-state index in [2.05, 4.69) is 0 Å². The highest BCUT2D eigenvalue weighted by molar-refractivity contribution is 4.39. The lowest BCUT2D eigenvalue weighted by atomic mass is 10.4. The van der Waals surface area contributed by atoms with Crippen molar-refractivity contribution in [3.63, 3.8) is 0 Å². The number of hydrogen-bond acceptors (Lipinski definition) is 2. The molecule has 0 aliphatic heterocycles. The summed E-state index contributed by atoms with van der Waals surface area (Å²) in [4.78, 5) is 0. The van der Waals surface area contributed by atoms with Gasteiger partial charge in [-0.15, -0.1) is 0 Å². The number of rotatable bonds is 8. The highest BCUT2D eigenvalue weighted by Gasteiger charge is 1.93. The van der Waals surface area contributed by atoms with Crippen molar-refractivity contribution in [2.75, 3.05) is 26.4 Å². The van der Waals surface area contributed by atoms with E-state index in [9.17, 15) is 5.11 Å². The fraction of sp³-hybridized carbons (Fsp3) is 1.00. The molecule has 12 heavy (non-hydrogen) atoms. The van der Waals surface area contributed by atoms with Crippen molar-refractivity contribution in [3.8, 4) is 0 Å². The number of hydrogen-bond donors (Lipinski definition) is 0. The van der Waals surface area contributed by atoms with Crippen LogP contribution in [0.5, 0.6) is 0 Å². The second kappa shape index (κ2) is 8.97. The van der Waals surface area contributed by atoms with E-state index < -0.39 is 0 Å². The Hall–Kier alpha value is -0.120. The van der Waals surface area contributed by atoms with Crippen molar-refractivity contribution in [2.45, 2.75) is 32.8 Å². The molecule has 0 aliphatic carbocycles. The van der Waals surface area contributed by atoms with Crippen LogP contribution in [0.15, 0.2) is 0 Å². The van der Waals surface area contributed by atoms with Gasteiger partial charge in [-0.1, -0.05) is 0 Å². The topological polar surface area (TPSA) is 38.4 Å². The van der Waals surface area contributed by atoms with Crippen molar-refractivity contribution in [1.29, 1.82) is 0 Å². The summed E-state index contributed by atoms with van der Waals surface area (Å²) < 4.78 is 10.5. The molecule has 0 bridgehead atoms. The van der Waals surface area contributed by atoms with Crippen molar-refractivity contribution in [3.05, 3.63) is 0 Å². The van der Waals surface area contributed by atoms with Crippen LogP contribution in [0.1, 0.15) is 26.7 Å². The summed E-state index contributed by atoms with van der Waals surface area (Å²) in [7, 11) is 0. The molecule has 0 amide bonds. The summed E-state index contributed by atoms with van der Waals surface area (Å²) in [6, 6.07) is 0. The molecule has 73 valence electrons. The maximum atomic E-state index is 10.0. The van der Waals surface area contributed by atoms with E-state index in [4.69, 9.17) is 9.47 Å². The van der Waals surface area contributed by atoms with Gasteiger partial charge in [-0.05, 0) is 26.7 Å². The third-order valence-electron chi connectivity index (χ3n) is 1.32. The zero-order chi connectivity index (χ0) is 9.23. The van der Waals surface area contributed by atoms with Gasteiger partial charge in [-0.3, -0.25) is 0 Å². The van der Waals surface area contributed by atoms with Crippen LogP contribution in [-0.4, -0.2) is 32.5 Å². The van der Waals surface area contributed by atoms with Gasteiger partial charge in [0.2, 0.25) is 0 Å². The molecule has 0 fully saturated rings. The van der Waals surface area contributed by atoms with Gasteiger partial charge in [0.05, 0.1) is 12.7 Å². The van der Waals surface area contributed by atoms with Crippen LogP contribution in [0.25, 0.3) is 0 Å². The van der Waals surface area contributed by atoms with E-state index in [-0.39, 0.29) is 6.61 Å². The Bertz CT molecular complexity index is 83.8. The molecule has 0 aromatic heterocycles. The zero-order valence-corrected chi connectivity index (χ0v) is 8.04. The molecule has 0 rings (SSSR count). The smallest absolute Gasteiger partial charge is 0.0844 e. The molecule has 0 atom stereocenters. The zero-order valence-electron chi connectivity index (χ0n) is 8.04. The van der Waals surface area contributed by atoms with Crippen LogP contribution < -0.4 is 0 Å². The highest BCUT2D eigenvalue weighted by Crippen LogP contribution is 1.91. The summed E-state index contributed by atoms with van der Waals surface area (Å²) in [5.74, 6) is 0. The lowest BCUT2D eigenvalue weighted by Gasteiger charge is -2.07. The molecule has 0 unspecified atom stereocenters. The first-order valence-corrected chi connectivity index (χ1v) is 4.55. The fourth-order valence-electron chi connectivity index (χ4n) is 0.743. The van der Waals surface area contributed by atoms with Crippen molar-refractivity contribution >= 4 is 0 Å². The molecule has 3 nitrogen and oxygen atoms in total. The second-order valence-corrected chi connectivity index (χ2v) is 2.94. The van der Waals surface area contributed by atoms with E-state index in [1.54, 1.807) is 0 Å². The molecule has 3 heteroatoms. The Morgan fingerprint density at radius 1 is 1.08 bits per heavy atom.